The van der Waals surface area contributed by atoms with Crippen LogP contribution in [0.1, 0.15) is 55.9 Å². The highest BCUT2D eigenvalue weighted by Gasteiger charge is 2.20. The predicted molar refractivity (Wildman–Crippen MR) is 114 cm³/mol. The number of nitrogens with zero attached hydrogens (tertiary/aromatic N) is 3. The molecule has 1 aliphatic rings. The van der Waals surface area contributed by atoms with Gasteiger partial charge in [0, 0.05) is 24.8 Å². The largest absolute Gasteiger partial charge is 0.357 e. The van der Waals surface area contributed by atoms with Crippen molar-refractivity contribution in [1.82, 2.24) is 9.97 Å². The molecule has 1 aromatic heterocycles. The summed E-state index contributed by atoms with van der Waals surface area (Å²) in [5.41, 5.74) is 0.798. The van der Waals surface area contributed by atoms with Crippen molar-refractivity contribution in [2.75, 3.05) is 23.0 Å². The lowest BCUT2D eigenvalue weighted by atomic mass is 9.94. The first kappa shape index (κ1) is 21.2. The van der Waals surface area contributed by atoms with Gasteiger partial charge < -0.3 is 10.2 Å². The quantitative estimate of drug-likeness (QED) is 0.740. The minimum absolute atomic E-state index is 0.108. The average molecular weight is 417 g/mol. The summed E-state index contributed by atoms with van der Waals surface area (Å²) in [6, 6.07) is 8.36. The van der Waals surface area contributed by atoms with Crippen LogP contribution in [0.25, 0.3) is 0 Å². The molecule has 1 N–H and O–H groups in total. The Morgan fingerprint density at radius 2 is 1.83 bits per heavy atom. The minimum Gasteiger partial charge on any atom is -0.357 e. The Balaban J connectivity index is 1.69. The molecule has 1 amide bonds. The van der Waals surface area contributed by atoms with Crippen LogP contribution in [-0.4, -0.2) is 43.1 Å². The van der Waals surface area contributed by atoms with Gasteiger partial charge in [0.1, 0.15) is 17.8 Å². The van der Waals surface area contributed by atoms with E-state index in [0.29, 0.717) is 18.2 Å². The zero-order valence-electron chi connectivity index (χ0n) is 17.0. The number of carbonyl (C=O) groups excluding carboxylic acids is 1. The van der Waals surface area contributed by atoms with Crippen molar-refractivity contribution in [3.63, 3.8) is 0 Å². The number of amides is 1. The predicted octanol–water partition coefficient (Wildman–Crippen LogP) is 3.68. The van der Waals surface area contributed by atoms with Crippen LogP contribution in [0.3, 0.4) is 0 Å². The summed E-state index contributed by atoms with van der Waals surface area (Å²) in [4.78, 5) is 23.4. The van der Waals surface area contributed by atoms with Gasteiger partial charge in [0.15, 0.2) is 9.84 Å². The van der Waals surface area contributed by atoms with Crippen LogP contribution in [0, 0.1) is 0 Å². The maximum Gasteiger partial charge on any atom is 0.274 e. The molecule has 1 heterocycles. The molecular formula is C21H28N4O3S. The zero-order chi connectivity index (χ0) is 20.9. The lowest BCUT2D eigenvalue weighted by molar-refractivity contribution is 0.102. The van der Waals surface area contributed by atoms with Crippen LogP contribution in [0.2, 0.25) is 0 Å². The Morgan fingerprint density at radius 3 is 2.48 bits per heavy atom. The molecule has 7 nitrogen and oxygen atoms in total. The number of aromatic nitrogens is 2. The summed E-state index contributed by atoms with van der Waals surface area (Å²) in [5.74, 6) is 0.490. The zero-order valence-corrected chi connectivity index (χ0v) is 17.8. The molecule has 29 heavy (non-hydrogen) atoms. The maximum atomic E-state index is 12.6. The molecule has 0 spiro atoms. The van der Waals surface area contributed by atoms with Crippen LogP contribution in [0.4, 0.5) is 11.5 Å². The Hall–Kier alpha value is -2.48. The first-order chi connectivity index (χ1) is 13.9. The number of hydrogen-bond donors (Lipinski definition) is 1. The number of anilines is 2. The molecule has 0 unspecified atom stereocenters. The number of hydrogen-bond acceptors (Lipinski definition) is 6. The molecule has 0 atom stereocenters. The lowest BCUT2D eigenvalue weighted by Crippen LogP contribution is -2.34. The highest BCUT2D eigenvalue weighted by molar-refractivity contribution is 7.91. The molecule has 156 valence electrons. The van der Waals surface area contributed by atoms with E-state index in [4.69, 9.17) is 0 Å². The van der Waals surface area contributed by atoms with Gasteiger partial charge in [0.25, 0.3) is 5.91 Å². The second-order valence-electron chi connectivity index (χ2n) is 7.46. The number of nitrogens with one attached hydrogen (secondary N) is 1. The standard InChI is InChI=1S/C21H28N4O3S/c1-3-13-29(27,28)18-11-9-16(10-12-18)24-21(26)19-14-20(23-15-22-19)25(2)17-7-5-4-6-8-17/h9-12,14-15,17H,3-8,13H2,1-2H3,(H,24,26). The van der Waals surface area contributed by atoms with Gasteiger partial charge in [-0.15, -0.1) is 0 Å². The molecule has 0 aliphatic heterocycles. The second kappa shape index (κ2) is 9.35. The summed E-state index contributed by atoms with van der Waals surface area (Å²) >= 11 is 0. The normalized spacial score (nSPS) is 15.1. The molecule has 1 aliphatic carbocycles. The third kappa shape index (κ3) is 5.32. The fraction of sp³-hybridized carbons (Fsp3) is 0.476. The Kier molecular flexibility index (Phi) is 6.84. The molecule has 1 aromatic carbocycles. The van der Waals surface area contributed by atoms with Crippen molar-refractivity contribution >= 4 is 27.2 Å². The van der Waals surface area contributed by atoms with Crippen LogP contribution in [0.5, 0.6) is 0 Å². The van der Waals surface area contributed by atoms with Crippen LogP contribution in [-0.2, 0) is 9.84 Å². The number of carbonyl (C=O) groups is 1. The Bertz CT molecular complexity index is 939. The Labute approximate surface area is 172 Å². The fourth-order valence-electron chi connectivity index (χ4n) is 3.65. The summed E-state index contributed by atoms with van der Waals surface area (Å²) in [5, 5.41) is 2.77. The first-order valence-corrected chi connectivity index (χ1v) is 11.7. The molecule has 0 radical (unpaired) electrons. The third-order valence-corrected chi connectivity index (χ3v) is 7.25. The summed E-state index contributed by atoms with van der Waals surface area (Å²) in [6.45, 7) is 1.83. The first-order valence-electron chi connectivity index (χ1n) is 10.1. The molecule has 2 aromatic rings. The van der Waals surface area contributed by atoms with Crippen molar-refractivity contribution in [1.29, 1.82) is 0 Å². The average Bonchev–Trinajstić information content (AvgIpc) is 2.74. The van der Waals surface area contributed by atoms with E-state index in [2.05, 4.69) is 20.2 Å². The van der Waals surface area contributed by atoms with Gasteiger partial charge in [0.05, 0.1) is 10.6 Å². The van der Waals surface area contributed by atoms with E-state index in [1.165, 1.54) is 37.7 Å². The molecule has 0 bridgehead atoms. The van der Waals surface area contributed by atoms with Gasteiger partial charge in [-0.05, 0) is 43.5 Å². The van der Waals surface area contributed by atoms with Crippen LogP contribution >= 0.6 is 0 Å². The van der Waals surface area contributed by atoms with Gasteiger partial charge in [0.2, 0.25) is 0 Å². The monoisotopic (exact) mass is 416 g/mol. The van der Waals surface area contributed by atoms with Crippen molar-refractivity contribution in [2.45, 2.75) is 56.4 Å². The van der Waals surface area contributed by atoms with Crippen LogP contribution < -0.4 is 10.2 Å². The summed E-state index contributed by atoms with van der Waals surface area (Å²) in [6.07, 6.45) is 7.95. The highest BCUT2D eigenvalue weighted by Crippen LogP contribution is 2.25. The van der Waals surface area contributed by atoms with Gasteiger partial charge in [-0.2, -0.15) is 0 Å². The molecule has 0 saturated heterocycles. The van der Waals surface area contributed by atoms with E-state index in [0.717, 1.165) is 18.7 Å². The van der Waals surface area contributed by atoms with Gasteiger partial charge in [-0.25, -0.2) is 18.4 Å². The SMILES string of the molecule is CCCS(=O)(=O)c1ccc(NC(=O)c2cc(N(C)C3CCCCC3)ncn2)cc1. The number of rotatable bonds is 7. The lowest BCUT2D eigenvalue weighted by Gasteiger charge is -2.32. The van der Waals surface area contributed by atoms with Crippen molar-refractivity contribution in [3.05, 3.63) is 42.4 Å². The maximum absolute atomic E-state index is 12.6. The number of sulfone groups is 1. The molecule has 3 rings (SSSR count). The van der Waals surface area contributed by atoms with E-state index in [1.54, 1.807) is 18.2 Å². The van der Waals surface area contributed by atoms with Crippen molar-refractivity contribution in [3.8, 4) is 0 Å². The minimum atomic E-state index is -3.27. The fourth-order valence-corrected chi connectivity index (χ4v) is 4.97. The third-order valence-electron chi connectivity index (χ3n) is 5.31. The summed E-state index contributed by atoms with van der Waals surface area (Å²) in [7, 11) is -1.26. The molecule has 8 heteroatoms. The van der Waals surface area contributed by atoms with Gasteiger partial charge >= 0.3 is 0 Å². The van der Waals surface area contributed by atoms with E-state index < -0.39 is 9.84 Å². The summed E-state index contributed by atoms with van der Waals surface area (Å²) < 4.78 is 24.2. The molecule has 1 saturated carbocycles. The number of benzene rings is 1. The van der Waals surface area contributed by atoms with E-state index >= 15 is 0 Å². The van der Waals surface area contributed by atoms with Gasteiger partial charge in [-0.1, -0.05) is 26.2 Å². The molecular weight excluding hydrogens is 388 g/mol. The van der Waals surface area contributed by atoms with Crippen molar-refractivity contribution < 1.29 is 13.2 Å². The smallest absolute Gasteiger partial charge is 0.274 e. The van der Waals surface area contributed by atoms with E-state index in [-0.39, 0.29) is 22.2 Å². The Morgan fingerprint density at radius 1 is 1.14 bits per heavy atom. The topological polar surface area (TPSA) is 92.3 Å². The van der Waals surface area contributed by atoms with Crippen molar-refractivity contribution in [2.24, 2.45) is 0 Å². The van der Waals surface area contributed by atoms with E-state index in [1.807, 2.05) is 14.0 Å². The van der Waals surface area contributed by atoms with Gasteiger partial charge in [-0.3, -0.25) is 4.79 Å². The van der Waals surface area contributed by atoms with Crippen LogP contribution in [0.15, 0.2) is 41.6 Å². The highest BCUT2D eigenvalue weighted by atomic mass is 32.2. The second-order valence-corrected chi connectivity index (χ2v) is 9.57. The van der Waals surface area contributed by atoms with E-state index in [9.17, 15) is 13.2 Å². The molecule has 1 fully saturated rings.